The molecule has 2 rings (SSSR count). The van der Waals surface area contributed by atoms with E-state index in [2.05, 4.69) is 15.6 Å². The predicted molar refractivity (Wildman–Crippen MR) is 76.6 cm³/mol. The summed E-state index contributed by atoms with van der Waals surface area (Å²) in [7, 11) is 0. The summed E-state index contributed by atoms with van der Waals surface area (Å²) < 4.78 is 0. The number of hydrogen-bond acceptors (Lipinski definition) is 4. The number of aromatic nitrogens is 1. The minimum atomic E-state index is -0.328. The number of carbonyl (C=O) groups is 1. The fourth-order valence-corrected chi connectivity index (χ4v) is 2.29. The van der Waals surface area contributed by atoms with Crippen LogP contribution in [0, 0.1) is 13.8 Å². The van der Waals surface area contributed by atoms with E-state index >= 15 is 0 Å². The summed E-state index contributed by atoms with van der Waals surface area (Å²) in [4.78, 5) is 17.1. The van der Waals surface area contributed by atoms with Crippen LogP contribution in [0.15, 0.2) is 24.3 Å². The Labute approximate surface area is 115 Å². The molecule has 1 aromatic carbocycles. The van der Waals surface area contributed by atoms with Gasteiger partial charge in [-0.25, -0.2) is 9.78 Å². The Bertz CT molecular complexity index is 559. The Kier molecular flexibility index (Phi) is 4.13. The van der Waals surface area contributed by atoms with Gasteiger partial charge >= 0.3 is 6.03 Å². The van der Waals surface area contributed by atoms with Crippen LogP contribution in [0.4, 0.5) is 15.6 Å². The molecule has 0 fully saturated rings. The van der Waals surface area contributed by atoms with Crippen molar-refractivity contribution in [3.63, 3.8) is 0 Å². The summed E-state index contributed by atoms with van der Waals surface area (Å²) in [5.74, 6) is 0. The Balaban J connectivity index is 1.96. The fraction of sp³-hybridized carbons (Fsp3) is 0.231. The number of urea groups is 1. The van der Waals surface area contributed by atoms with Gasteiger partial charge in [-0.2, -0.15) is 0 Å². The lowest BCUT2D eigenvalue weighted by atomic mass is 10.2. The van der Waals surface area contributed by atoms with E-state index in [-0.39, 0.29) is 12.6 Å². The Morgan fingerprint density at radius 2 is 1.95 bits per heavy atom. The zero-order chi connectivity index (χ0) is 13.8. The van der Waals surface area contributed by atoms with Crippen LogP contribution in [-0.2, 0) is 6.61 Å². The molecule has 2 amide bonds. The fourth-order valence-electron chi connectivity index (χ4n) is 1.48. The number of hydrogen-bond donors (Lipinski definition) is 3. The highest BCUT2D eigenvalue weighted by molar-refractivity contribution is 7.15. The van der Waals surface area contributed by atoms with Crippen LogP contribution in [0.3, 0.4) is 0 Å². The van der Waals surface area contributed by atoms with E-state index in [1.165, 1.54) is 11.3 Å². The van der Waals surface area contributed by atoms with Crippen LogP contribution in [-0.4, -0.2) is 16.1 Å². The maximum Gasteiger partial charge on any atom is 0.325 e. The van der Waals surface area contributed by atoms with Crippen molar-refractivity contribution in [2.75, 3.05) is 10.6 Å². The van der Waals surface area contributed by atoms with Gasteiger partial charge in [0.05, 0.1) is 12.3 Å². The lowest BCUT2D eigenvalue weighted by molar-refractivity contribution is 0.262. The standard InChI is InChI=1S/C13H15N3O2S/c1-8-9(2)19-13(14-8)16-12(18)15-11-5-3-10(7-17)4-6-11/h3-6,17H,7H2,1-2H3,(H2,14,15,16,18). The molecule has 0 spiro atoms. The highest BCUT2D eigenvalue weighted by Crippen LogP contribution is 2.21. The molecule has 0 aliphatic heterocycles. The monoisotopic (exact) mass is 277 g/mol. The normalized spacial score (nSPS) is 10.3. The molecule has 3 N–H and O–H groups in total. The van der Waals surface area contributed by atoms with Crippen molar-refractivity contribution in [2.45, 2.75) is 20.5 Å². The zero-order valence-electron chi connectivity index (χ0n) is 10.7. The molecule has 100 valence electrons. The summed E-state index contributed by atoms with van der Waals surface area (Å²) in [6, 6.07) is 6.67. The second-order valence-corrected chi connectivity index (χ2v) is 5.30. The van der Waals surface area contributed by atoms with Crippen molar-refractivity contribution in [1.82, 2.24) is 4.98 Å². The molecule has 0 saturated carbocycles. The number of aliphatic hydroxyl groups is 1. The highest BCUT2D eigenvalue weighted by Gasteiger charge is 2.07. The second-order valence-electron chi connectivity index (χ2n) is 4.09. The molecule has 1 aromatic heterocycles. The minimum absolute atomic E-state index is 0.00978. The number of nitrogens with one attached hydrogen (secondary N) is 2. The van der Waals surface area contributed by atoms with Gasteiger partial charge < -0.3 is 10.4 Å². The molecule has 19 heavy (non-hydrogen) atoms. The van der Waals surface area contributed by atoms with Crippen molar-refractivity contribution in [2.24, 2.45) is 0 Å². The number of nitrogens with zero attached hydrogens (tertiary/aromatic N) is 1. The smallest absolute Gasteiger partial charge is 0.325 e. The molecule has 0 saturated heterocycles. The quantitative estimate of drug-likeness (QED) is 0.807. The predicted octanol–water partition coefficient (Wildman–Crippen LogP) is 2.90. The van der Waals surface area contributed by atoms with Crippen LogP contribution in [0.2, 0.25) is 0 Å². The van der Waals surface area contributed by atoms with E-state index in [0.29, 0.717) is 10.8 Å². The first-order valence-electron chi connectivity index (χ1n) is 5.80. The van der Waals surface area contributed by atoms with Crippen LogP contribution >= 0.6 is 11.3 Å². The van der Waals surface area contributed by atoms with Crippen LogP contribution in [0.25, 0.3) is 0 Å². The average molecular weight is 277 g/mol. The SMILES string of the molecule is Cc1nc(NC(=O)Nc2ccc(CO)cc2)sc1C. The number of anilines is 2. The van der Waals surface area contributed by atoms with Crippen molar-refractivity contribution >= 4 is 28.2 Å². The number of carbonyl (C=O) groups excluding carboxylic acids is 1. The lowest BCUT2D eigenvalue weighted by Crippen LogP contribution is -2.19. The number of aryl methyl sites for hydroxylation is 2. The molecule has 6 heteroatoms. The molecule has 0 aliphatic rings. The number of rotatable bonds is 3. The Hall–Kier alpha value is -1.92. The van der Waals surface area contributed by atoms with Gasteiger partial charge in [-0.3, -0.25) is 5.32 Å². The van der Waals surface area contributed by atoms with Gasteiger partial charge in [0, 0.05) is 10.6 Å². The molecule has 1 heterocycles. The topological polar surface area (TPSA) is 74.2 Å². The van der Waals surface area contributed by atoms with Crippen molar-refractivity contribution in [3.05, 3.63) is 40.4 Å². The van der Waals surface area contributed by atoms with Gasteiger partial charge in [-0.15, -0.1) is 11.3 Å². The van der Waals surface area contributed by atoms with Gasteiger partial charge in [0.2, 0.25) is 0 Å². The molecular weight excluding hydrogens is 262 g/mol. The number of amides is 2. The van der Waals surface area contributed by atoms with Gasteiger partial charge in [-0.05, 0) is 31.5 Å². The van der Waals surface area contributed by atoms with E-state index in [4.69, 9.17) is 5.11 Å². The average Bonchev–Trinajstić information content (AvgIpc) is 2.69. The zero-order valence-corrected chi connectivity index (χ0v) is 11.5. The Morgan fingerprint density at radius 3 is 2.47 bits per heavy atom. The van der Waals surface area contributed by atoms with Crippen molar-refractivity contribution in [1.29, 1.82) is 0 Å². The first-order valence-corrected chi connectivity index (χ1v) is 6.62. The molecule has 0 radical (unpaired) electrons. The third-order valence-electron chi connectivity index (χ3n) is 2.64. The van der Waals surface area contributed by atoms with E-state index in [1.54, 1.807) is 24.3 Å². The van der Waals surface area contributed by atoms with E-state index in [9.17, 15) is 4.79 Å². The number of thiazole rings is 1. The molecule has 0 unspecified atom stereocenters. The second kappa shape index (κ2) is 5.81. The molecule has 0 bridgehead atoms. The first-order chi connectivity index (χ1) is 9.08. The van der Waals surface area contributed by atoms with Gasteiger partial charge in [0.15, 0.2) is 5.13 Å². The van der Waals surface area contributed by atoms with Crippen LogP contribution < -0.4 is 10.6 Å². The summed E-state index contributed by atoms with van der Waals surface area (Å²) in [5, 5.41) is 14.9. The first kappa shape index (κ1) is 13.5. The minimum Gasteiger partial charge on any atom is -0.392 e. The number of benzene rings is 1. The Morgan fingerprint density at radius 1 is 1.26 bits per heavy atom. The van der Waals surface area contributed by atoms with Crippen molar-refractivity contribution in [3.8, 4) is 0 Å². The van der Waals surface area contributed by atoms with Gasteiger partial charge in [0.25, 0.3) is 0 Å². The molecule has 5 nitrogen and oxygen atoms in total. The van der Waals surface area contributed by atoms with Gasteiger partial charge in [0.1, 0.15) is 0 Å². The summed E-state index contributed by atoms with van der Waals surface area (Å²) in [6.45, 7) is 3.86. The largest absolute Gasteiger partial charge is 0.392 e. The molecule has 0 atom stereocenters. The van der Waals surface area contributed by atoms with Crippen LogP contribution in [0.1, 0.15) is 16.1 Å². The third kappa shape index (κ3) is 3.52. The molecular formula is C13H15N3O2S. The third-order valence-corrected chi connectivity index (χ3v) is 3.63. The molecule has 0 aliphatic carbocycles. The van der Waals surface area contributed by atoms with E-state index in [1.807, 2.05) is 13.8 Å². The molecule has 2 aromatic rings. The van der Waals surface area contributed by atoms with Crippen molar-refractivity contribution < 1.29 is 9.90 Å². The van der Waals surface area contributed by atoms with Crippen LogP contribution in [0.5, 0.6) is 0 Å². The van der Waals surface area contributed by atoms with E-state index in [0.717, 1.165) is 16.1 Å². The maximum absolute atomic E-state index is 11.8. The summed E-state index contributed by atoms with van der Waals surface area (Å²) >= 11 is 1.44. The maximum atomic E-state index is 11.8. The summed E-state index contributed by atoms with van der Waals surface area (Å²) in [6.07, 6.45) is 0. The highest BCUT2D eigenvalue weighted by atomic mass is 32.1. The van der Waals surface area contributed by atoms with Gasteiger partial charge in [-0.1, -0.05) is 12.1 Å². The number of aliphatic hydroxyl groups excluding tert-OH is 1. The summed E-state index contributed by atoms with van der Waals surface area (Å²) in [5.41, 5.74) is 2.39. The van der Waals surface area contributed by atoms with E-state index < -0.39 is 0 Å². The lowest BCUT2D eigenvalue weighted by Gasteiger charge is -2.05.